The fraction of sp³-hybridized carbons (Fsp3) is 0.833. The molecule has 1 saturated heterocycles. The van der Waals surface area contributed by atoms with Crippen LogP contribution in [0.2, 0.25) is 0 Å². The van der Waals surface area contributed by atoms with Crippen LogP contribution in [-0.2, 0) is 9.53 Å². The molecule has 1 saturated carbocycles. The number of ether oxygens (including phenoxy) is 1. The Labute approximate surface area is 101 Å². The molecule has 1 heterocycles. The monoisotopic (exact) mass is 241 g/mol. The van der Waals surface area contributed by atoms with Gasteiger partial charge < -0.3 is 14.7 Å². The van der Waals surface area contributed by atoms with Crippen molar-refractivity contribution in [1.82, 2.24) is 4.90 Å². The summed E-state index contributed by atoms with van der Waals surface area (Å²) in [6, 6.07) is 0. The molecular weight excluding hydrogens is 222 g/mol. The van der Waals surface area contributed by atoms with E-state index in [2.05, 4.69) is 0 Å². The third-order valence-corrected chi connectivity index (χ3v) is 3.59. The minimum atomic E-state index is -0.758. The largest absolute Gasteiger partial charge is 0.481 e. The second-order valence-electron chi connectivity index (χ2n) is 6.05. The number of carbonyl (C=O) groups excluding carboxylic acids is 1. The molecule has 2 fully saturated rings. The summed E-state index contributed by atoms with van der Waals surface area (Å²) in [7, 11) is 0. The van der Waals surface area contributed by atoms with Gasteiger partial charge in [-0.1, -0.05) is 0 Å². The zero-order valence-electron chi connectivity index (χ0n) is 10.5. The van der Waals surface area contributed by atoms with Gasteiger partial charge in [-0.15, -0.1) is 0 Å². The molecule has 0 aromatic carbocycles. The lowest BCUT2D eigenvalue weighted by Crippen LogP contribution is -2.69. The highest BCUT2D eigenvalue weighted by Gasteiger charge is 2.58. The molecule has 0 bridgehead atoms. The molecule has 0 aromatic rings. The predicted molar refractivity (Wildman–Crippen MR) is 60.6 cm³/mol. The maximum atomic E-state index is 11.9. The van der Waals surface area contributed by atoms with Crippen LogP contribution in [0.3, 0.4) is 0 Å². The van der Waals surface area contributed by atoms with Crippen molar-refractivity contribution in [3.05, 3.63) is 0 Å². The van der Waals surface area contributed by atoms with Crippen molar-refractivity contribution < 1.29 is 19.4 Å². The normalized spacial score (nSPS) is 31.7. The van der Waals surface area contributed by atoms with E-state index in [1.54, 1.807) is 4.90 Å². The molecule has 1 amide bonds. The van der Waals surface area contributed by atoms with E-state index in [9.17, 15) is 9.59 Å². The Morgan fingerprint density at radius 3 is 2.29 bits per heavy atom. The SMILES string of the molecule is CC(C)(C)OC(=O)N1CCC12CC(C(=O)O)C2. The van der Waals surface area contributed by atoms with Gasteiger partial charge in [0, 0.05) is 12.1 Å². The molecule has 5 nitrogen and oxygen atoms in total. The highest BCUT2D eigenvalue weighted by atomic mass is 16.6. The second kappa shape index (κ2) is 3.62. The number of carbonyl (C=O) groups is 2. The third kappa shape index (κ3) is 2.10. The van der Waals surface area contributed by atoms with Crippen molar-refractivity contribution in [1.29, 1.82) is 0 Å². The molecule has 0 unspecified atom stereocenters. The topological polar surface area (TPSA) is 66.8 Å². The van der Waals surface area contributed by atoms with Crippen LogP contribution in [0.15, 0.2) is 0 Å². The van der Waals surface area contributed by atoms with Crippen LogP contribution in [0.1, 0.15) is 40.0 Å². The van der Waals surface area contributed by atoms with Crippen molar-refractivity contribution in [3.63, 3.8) is 0 Å². The van der Waals surface area contributed by atoms with Crippen molar-refractivity contribution in [3.8, 4) is 0 Å². The summed E-state index contributed by atoms with van der Waals surface area (Å²) >= 11 is 0. The molecule has 17 heavy (non-hydrogen) atoms. The Bertz CT molecular complexity index is 352. The molecule has 2 aliphatic rings. The average molecular weight is 241 g/mol. The Hall–Kier alpha value is -1.26. The first kappa shape index (κ1) is 12.2. The van der Waals surface area contributed by atoms with Crippen molar-refractivity contribution >= 4 is 12.1 Å². The number of carboxylic acid groups (broad SMARTS) is 1. The standard InChI is InChI=1S/C12H19NO4/c1-11(2,3)17-10(16)13-5-4-12(13)6-8(7-12)9(14)15/h8H,4-7H2,1-3H3,(H,14,15). The van der Waals surface area contributed by atoms with Gasteiger partial charge in [-0.05, 0) is 40.0 Å². The van der Waals surface area contributed by atoms with E-state index in [1.807, 2.05) is 20.8 Å². The molecule has 0 radical (unpaired) electrons. The van der Waals surface area contributed by atoms with Gasteiger partial charge in [0.1, 0.15) is 5.60 Å². The number of likely N-dealkylation sites (tertiary alicyclic amines) is 1. The molecule has 0 aromatic heterocycles. The molecule has 0 atom stereocenters. The summed E-state index contributed by atoms with van der Waals surface area (Å²) in [5, 5.41) is 8.86. The lowest BCUT2D eigenvalue weighted by molar-refractivity contribution is -0.160. The Kier molecular flexibility index (Phi) is 2.60. The maximum Gasteiger partial charge on any atom is 0.410 e. The minimum Gasteiger partial charge on any atom is -0.481 e. The zero-order chi connectivity index (χ0) is 12.8. The van der Waals surface area contributed by atoms with Gasteiger partial charge in [-0.3, -0.25) is 4.79 Å². The summed E-state index contributed by atoms with van der Waals surface area (Å²) in [5.41, 5.74) is -0.713. The van der Waals surface area contributed by atoms with Crippen molar-refractivity contribution in [2.24, 2.45) is 5.92 Å². The molecule has 1 aliphatic carbocycles. The van der Waals surface area contributed by atoms with Gasteiger partial charge in [-0.2, -0.15) is 0 Å². The summed E-state index contributed by atoms with van der Waals surface area (Å²) in [5.74, 6) is -1.05. The molecule has 1 aliphatic heterocycles. The Morgan fingerprint density at radius 2 is 1.94 bits per heavy atom. The quantitative estimate of drug-likeness (QED) is 0.761. The number of rotatable bonds is 1. The van der Waals surface area contributed by atoms with E-state index in [-0.39, 0.29) is 17.6 Å². The Balaban J connectivity index is 1.92. The van der Waals surface area contributed by atoms with E-state index < -0.39 is 11.6 Å². The maximum absolute atomic E-state index is 11.9. The first-order valence-electron chi connectivity index (χ1n) is 5.97. The number of hydrogen-bond acceptors (Lipinski definition) is 3. The number of carboxylic acids is 1. The zero-order valence-corrected chi connectivity index (χ0v) is 10.5. The van der Waals surface area contributed by atoms with E-state index in [1.165, 1.54) is 0 Å². The molecule has 96 valence electrons. The van der Waals surface area contributed by atoms with Crippen LogP contribution in [0.4, 0.5) is 4.79 Å². The van der Waals surface area contributed by atoms with Gasteiger partial charge in [0.25, 0.3) is 0 Å². The van der Waals surface area contributed by atoms with Crippen LogP contribution >= 0.6 is 0 Å². The number of nitrogens with zero attached hydrogens (tertiary/aromatic N) is 1. The molecule has 5 heteroatoms. The lowest BCUT2D eigenvalue weighted by Gasteiger charge is -2.60. The Morgan fingerprint density at radius 1 is 1.35 bits per heavy atom. The van der Waals surface area contributed by atoms with E-state index in [4.69, 9.17) is 9.84 Å². The second-order valence-corrected chi connectivity index (χ2v) is 6.05. The van der Waals surface area contributed by atoms with Gasteiger partial charge >= 0.3 is 12.1 Å². The minimum absolute atomic E-state index is 0.217. The molecular formula is C12H19NO4. The number of hydrogen-bond donors (Lipinski definition) is 1. The predicted octanol–water partition coefficient (Wildman–Crippen LogP) is 1.86. The van der Waals surface area contributed by atoms with Crippen molar-refractivity contribution in [2.45, 2.75) is 51.2 Å². The molecule has 1 N–H and O–H groups in total. The highest BCUT2D eigenvalue weighted by molar-refractivity contribution is 5.75. The number of aliphatic carboxylic acids is 1. The first-order valence-corrected chi connectivity index (χ1v) is 5.97. The fourth-order valence-electron chi connectivity index (χ4n) is 2.60. The first-order chi connectivity index (χ1) is 7.73. The average Bonchev–Trinajstić information content (AvgIpc) is 1.93. The highest BCUT2D eigenvalue weighted by Crippen LogP contribution is 2.51. The third-order valence-electron chi connectivity index (χ3n) is 3.59. The molecule has 1 spiro atoms. The van der Waals surface area contributed by atoms with Crippen LogP contribution in [-0.4, -0.2) is 39.8 Å². The summed E-state index contributed by atoms with van der Waals surface area (Å²) in [6.07, 6.45) is 1.73. The lowest BCUT2D eigenvalue weighted by atomic mass is 9.61. The van der Waals surface area contributed by atoms with Gasteiger partial charge in [-0.25, -0.2) is 4.79 Å². The van der Waals surface area contributed by atoms with Crippen LogP contribution < -0.4 is 0 Å². The molecule has 2 rings (SSSR count). The van der Waals surface area contributed by atoms with E-state index >= 15 is 0 Å². The van der Waals surface area contributed by atoms with Gasteiger partial charge in [0.2, 0.25) is 0 Å². The smallest absolute Gasteiger partial charge is 0.410 e. The van der Waals surface area contributed by atoms with E-state index in [0.717, 1.165) is 6.42 Å². The van der Waals surface area contributed by atoms with Crippen LogP contribution in [0.25, 0.3) is 0 Å². The van der Waals surface area contributed by atoms with E-state index in [0.29, 0.717) is 19.4 Å². The van der Waals surface area contributed by atoms with Crippen LogP contribution in [0.5, 0.6) is 0 Å². The van der Waals surface area contributed by atoms with Gasteiger partial charge in [0.05, 0.1) is 5.92 Å². The van der Waals surface area contributed by atoms with Crippen molar-refractivity contribution in [2.75, 3.05) is 6.54 Å². The number of amides is 1. The summed E-state index contributed by atoms with van der Waals surface area (Å²) in [6.45, 7) is 6.18. The summed E-state index contributed by atoms with van der Waals surface area (Å²) in [4.78, 5) is 24.4. The van der Waals surface area contributed by atoms with Crippen LogP contribution in [0, 0.1) is 5.92 Å². The fourth-order valence-corrected chi connectivity index (χ4v) is 2.60. The summed E-state index contributed by atoms with van der Waals surface area (Å²) < 4.78 is 5.31. The van der Waals surface area contributed by atoms with Gasteiger partial charge in [0.15, 0.2) is 0 Å².